The van der Waals surface area contributed by atoms with E-state index in [0.717, 1.165) is 7.11 Å². The Morgan fingerprint density at radius 2 is 1.40 bits per heavy atom. The number of rotatable bonds is 0. The lowest BCUT2D eigenvalue weighted by atomic mass is 10.6. The topological polar surface area (TPSA) is 95.1 Å². The van der Waals surface area contributed by atoms with Gasteiger partial charge in [0.25, 0.3) is 0 Å². The first kappa shape index (κ1) is 16.0. The summed E-state index contributed by atoms with van der Waals surface area (Å²) in [6.45, 7) is 3.06. The molecule has 0 atom stereocenters. The fraction of sp³-hybridized carbons (Fsp3) is 0.600. The summed E-state index contributed by atoms with van der Waals surface area (Å²) in [5.41, 5.74) is 0. The first-order valence-electron chi connectivity index (χ1n) is 2.24. The van der Waals surface area contributed by atoms with Crippen LogP contribution in [0.1, 0.15) is 13.8 Å². The standard InChI is InChI=1S/C3H6O.C2H4O3.H2O/c1-3(2)4;1-5-2(3)4;/h1-2H3;1H3,(H,3,4);1H2. The molecule has 0 bridgehead atoms. The molecule has 0 fully saturated rings. The highest BCUT2D eigenvalue weighted by molar-refractivity contribution is 5.72. The fourth-order valence-corrected chi connectivity index (χ4v) is 0. The number of carbonyl (C=O) groups is 2. The van der Waals surface area contributed by atoms with Crippen LogP contribution in [0.25, 0.3) is 0 Å². The van der Waals surface area contributed by atoms with Gasteiger partial charge in [0.1, 0.15) is 5.78 Å². The van der Waals surface area contributed by atoms with E-state index in [0.29, 0.717) is 0 Å². The normalized spacial score (nSPS) is 5.90. The van der Waals surface area contributed by atoms with Gasteiger partial charge in [-0.1, -0.05) is 0 Å². The van der Waals surface area contributed by atoms with Crippen molar-refractivity contribution in [2.75, 3.05) is 7.11 Å². The molecule has 0 aliphatic carbocycles. The molecule has 5 nitrogen and oxygen atoms in total. The second kappa shape index (κ2) is 10.8. The Hall–Kier alpha value is -1.10. The van der Waals surface area contributed by atoms with Gasteiger partial charge in [-0.25, -0.2) is 4.79 Å². The van der Waals surface area contributed by atoms with Crippen LogP contribution in [-0.4, -0.2) is 29.6 Å². The quantitative estimate of drug-likeness (QED) is 0.497. The maximum Gasteiger partial charge on any atom is 0.505 e. The molecule has 0 spiro atoms. The molecule has 0 aromatic rings. The van der Waals surface area contributed by atoms with E-state index in [1.807, 2.05) is 0 Å². The van der Waals surface area contributed by atoms with Crippen molar-refractivity contribution in [1.82, 2.24) is 0 Å². The summed E-state index contributed by atoms with van der Waals surface area (Å²) in [6, 6.07) is 0. The molecule has 5 heteroatoms. The van der Waals surface area contributed by atoms with E-state index in [2.05, 4.69) is 4.74 Å². The number of methoxy groups -OCH3 is 1. The van der Waals surface area contributed by atoms with Crippen LogP contribution in [0.5, 0.6) is 0 Å². The van der Waals surface area contributed by atoms with Crippen LogP contribution in [-0.2, 0) is 9.53 Å². The Morgan fingerprint density at radius 1 is 1.30 bits per heavy atom. The molecule has 0 rings (SSSR count). The summed E-state index contributed by atoms with van der Waals surface area (Å²) < 4.78 is 3.67. The number of ether oxygens (including phenoxy) is 1. The zero-order valence-electron chi connectivity index (χ0n) is 6.17. The van der Waals surface area contributed by atoms with Gasteiger partial charge in [-0.3, -0.25) is 0 Å². The minimum atomic E-state index is -1.25. The van der Waals surface area contributed by atoms with Crippen LogP contribution >= 0.6 is 0 Å². The van der Waals surface area contributed by atoms with Crippen LogP contribution < -0.4 is 0 Å². The second-order valence-corrected chi connectivity index (χ2v) is 1.38. The van der Waals surface area contributed by atoms with Gasteiger partial charge in [0.15, 0.2) is 0 Å². The van der Waals surface area contributed by atoms with Crippen LogP contribution in [0.15, 0.2) is 0 Å². The number of Topliss-reactive ketones (excluding diaryl/α,β-unsaturated/α-hetero) is 1. The minimum absolute atomic E-state index is 0. The van der Waals surface area contributed by atoms with Gasteiger partial charge in [-0.05, 0) is 13.8 Å². The predicted octanol–water partition coefficient (Wildman–Crippen LogP) is 0.0814. The summed E-state index contributed by atoms with van der Waals surface area (Å²) >= 11 is 0. The molecule has 62 valence electrons. The van der Waals surface area contributed by atoms with Crippen molar-refractivity contribution < 1.29 is 24.9 Å². The summed E-state index contributed by atoms with van der Waals surface area (Å²) in [7, 11) is 1.10. The van der Waals surface area contributed by atoms with Gasteiger partial charge in [0.2, 0.25) is 0 Å². The van der Waals surface area contributed by atoms with Gasteiger partial charge >= 0.3 is 6.16 Å². The smallest absolute Gasteiger partial charge is 0.450 e. The van der Waals surface area contributed by atoms with Crippen molar-refractivity contribution >= 4 is 11.9 Å². The molecular weight excluding hydrogens is 140 g/mol. The molecule has 0 aliphatic heterocycles. The molecule has 0 unspecified atom stereocenters. The first-order chi connectivity index (χ1) is 4.00. The third-order valence-electron chi connectivity index (χ3n) is 0.175. The number of carbonyl (C=O) groups excluding carboxylic acids is 1. The van der Waals surface area contributed by atoms with E-state index in [-0.39, 0.29) is 11.3 Å². The van der Waals surface area contributed by atoms with E-state index in [1.54, 1.807) is 0 Å². The number of ketones is 1. The molecule has 0 radical (unpaired) electrons. The lowest BCUT2D eigenvalue weighted by Crippen LogP contribution is -1.91. The van der Waals surface area contributed by atoms with E-state index in [1.165, 1.54) is 13.8 Å². The lowest BCUT2D eigenvalue weighted by Gasteiger charge is -1.79. The first-order valence-corrected chi connectivity index (χ1v) is 2.24. The highest BCUT2D eigenvalue weighted by Crippen LogP contribution is 1.60. The Bertz CT molecular complexity index is 94.2. The zero-order valence-corrected chi connectivity index (χ0v) is 6.17. The van der Waals surface area contributed by atoms with Crippen molar-refractivity contribution in [3.63, 3.8) is 0 Å². The highest BCUT2D eigenvalue weighted by Gasteiger charge is 1.80. The van der Waals surface area contributed by atoms with Crippen molar-refractivity contribution in [3.05, 3.63) is 0 Å². The molecule has 0 saturated heterocycles. The lowest BCUT2D eigenvalue weighted by molar-refractivity contribution is -0.114. The van der Waals surface area contributed by atoms with Gasteiger partial charge in [0.05, 0.1) is 7.11 Å². The highest BCUT2D eigenvalue weighted by atomic mass is 16.6. The SMILES string of the molecule is CC(C)=O.COC(=O)O.O. The molecule has 0 saturated carbocycles. The van der Waals surface area contributed by atoms with Gasteiger partial charge in [-0.2, -0.15) is 0 Å². The molecular formula is C5H12O5. The molecule has 0 amide bonds. The van der Waals surface area contributed by atoms with Gasteiger partial charge in [-0.15, -0.1) is 0 Å². The van der Waals surface area contributed by atoms with E-state index < -0.39 is 6.16 Å². The summed E-state index contributed by atoms with van der Waals surface area (Å²) in [6.07, 6.45) is -1.25. The Kier molecular flexibility index (Phi) is 17.2. The molecule has 0 aromatic carbocycles. The Morgan fingerprint density at radius 3 is 1.40 bits per heavy atom. The van der Waals surface area contributed by atoms with Crippen molar-refractivity contribution in [2.45, 2.75) is 13.8 Å². The monoisotopic (exact) mass is 152 g/mol. The van der Waals surface area contributed by atoms with Crippen LogP contribution in [0.3, 0.4) is 0 Å². The third-order valence-corrected chi connectivity index (χ3v) is 0.175. The Labute approximate surface area is 58.9 Å². The summed E-state index contributed by atoms with van der Waals surface area (Å²) in [5, 5.41) is 7.50. The maximum absolute atomic E-state index is 9.44. The Balaban J connectivity index is -0.0000000910. The van der Waals surface area contributed by atoms with Gasteiger partial charge in [0, 0.05) is 0 Å². The fourth-order valence-electron chi connectivity index (χ4n) is 0. The van der Waals surface area contributed by atoms with Crippen LogP contribution in [0.2, 0.25) is 0 Å². The van der Waals surface area contributed by atoms with Crippen molar-refractivity contribution in [2.24, 2.45) is 0 Å². The molecule has 3 N–H and O–H groups in total. The van der Waals surface area contributed by atoms with E-state index in [4.69, 9.17) is 9.90 Å². The maximum atomic E-state index is 9.44. The average Bonchev–Trinajstić information content (AvgIpc) is 1.65. The summed E-state index contributed by atoms with van der Waals surface area (Å²) in [4.78, 5) is 18.6. The predicted molar refractivity (Wildman–Crippen MR) is 35.0 cm³/mol. The number of hydrogen-bond acceptors (Lipinski definition) is 3. The molecule has 0 aliphatic rings. The summed E-state index contributed by atoms with van der Waals surface area (Å²) in [5.74, 6) is 0.167. The molecule has 0 aromatic heterocycles. The van der Waals surface area contributed by atoms with E-state index >= 15 is 0 Å². The number of hydrogen-bond donors (Lipinski definition) is 1. The number of carboxylic acid groups (broad SMARTS) is 1. The third kappa shape index (κ3) is 297. The molecule has 0 heterocycles. The zero-order chi connectivity index (χ0) is 7.86. The van der Waals surface area contributed by atoms with Crippen molar-refractivity contribution in [1.29, 1.82) is 0 Å². The van der Waals surface area contributed by atoms with Gasteiger partial charge < -0.3 is 20.1 Å². The minimum Gasteiger partial charge on any atom is -0.450 e. The van der Waals surface area contributed by atoms with Crippen LogP contribution in [0.4, 0.5) is 4.79 Å². The van der Waals surface area contributed by atoms with Crippen molar-refractivity contribution in [3.8, 4) is 0 Å². The van der Waals surface area contributed by atoms with E-state index in [9.17, 15) is 4.79 Å². The van der Waals surface area contributed by atoms with Crippen LogP contribution in [0, 0.1) is 0 Å². The largest absolute Gasteiger partial charge is 0.505 e. The second-order valence-electron chi connectivity index (χ2n) is 1.38. The average molecular weight is 152 g/mol. The molecule has 10 heavy (non-hydrogen) atoms.